The van der Waals surface area contributed by atoms with Crippen LogP contribution in [0.1, 0.15) is 18.3 Å². The second-order valence-electron chi connectivity index (χ2n) is 3.87. The van der Waals surface area contributed by atoms with Crippen molar-refractivity contribution >= 4 is 10.0 Å². The van der Waals surface area contributed by atoms with Gasteiger partial charge in [0.2, 0.25) is 0 Å². The van der Waals surface area contributed by atoms with Crippen molar-refractivity contribution in [1.82, 2.24) is 30.2 Å². The topological polar surface area (TPSA) is 116 Å². The molecule has 0 fully saturated rings. The van der Waals surface area contributed by atoms with Gasteiger partial charge < -0.3 is 10.3 Å². The fourth-order valence-electron chi connectivity index (χ4n) is 1.55. The molecule has 2 aromatic heterocycles. The first-order valence-corrected chi connectivity index (χ1v) is 7.32. The minimum atomic E-state index is -3.62. The van der Waals surface area contributed by atoms with Gasteiger partial charge in [0.1, 0.15) is 5.82 Å². The van der Waals surface area contributed by atoms with Crippen molar-refractivity contribution in [3.63, 3.8) is 0 Å². The van der Waals surface area contributed by atoms with Gasteiger partial charge in [0.15, 0.2) is 5.03 Å². The summed E-state index contributed by atoms with van der Waals surface area (Å²) in [5, 5.41) is 9.44. The molecular formula is C10H16N6O2S. The first-order valence-electron chi connectivity index (χ1n) is 5.84. The predicted octanol–water partition coefficient (Wildman–Crippen LogP) is -0.279. The van der Waals surface area contributed by atoms with Crippen LogP contribution in [-0.2, 0) is 23.1 Å². The van der Waals surface area contributed by atoms with Crippen LogP contribution in [0.5, 0.6) is 0 Å². The van der Waals surface area contributed by atoms with Crippen LogP contribution in [0.15, 0.2) is 23.6 Å². The van der Waals surface area contributed by atoms with Gasteiger partial charge in [-0.2, -0.15) is 5.10 Å². The molecule has 9 heteroatoms. The first-order chi connectivity index (χ1) is 9.13. The number of hydrogen-bond acceptors (Lipinski definition) is 5. The summed E-state index contributed by atoms with van der Waals surface area (Å²) in [7, 11) is -3.62. The van der Waals surface area contributed by atoms with Gasteiger partial charge in [-0.3, -0.25) is 5.10 Å². The van der Waals surface area contributed by atoms with Crippen LogP contribution >= 0.6 is 0 Å². The molecule has 19 heavy (non-hydrogen) atoms. The molecule has 104 valence electrons. The van der Waals surface area contributed by atoms with Gasteiger partial charge >= 0.3 is 0 Å². The zero-order valence-electron chi connectivity index (χ0n) is 10.5. The van der Waals surface area contributed by atoms with Crippen molar-refractivity contribution in [2.75, 3.05) is 6.54 Å². The van der Waals surface area contributed by atoms with E-state index >= 15 is 0 Å². The Morgan fingerprint density at radius 2 is 2.21 bits per heavy atom. The molecule has 0 aliphatic rings. The molecule has 0 saturated heterocycles. The lowest BCUT2D eigenvalue weighted by atomic mass is 10.3. The van der Waals surface area contributed by atoms with Crippen molar-refractivity contribution < 1.29 is 8.42 Å². The van der Waals surface area contributed by atoms with E-state index in [2.05, 4.69) is 30.2 Å². The Morgan fingerprint density at radius 3 is 2.89 bits per heavy atom. The second-order valence-corrected chi connectivity index (χ2v) is 5.57. The van der Waals surface area contributed by atoms with Crippen molar-refractivity contribution in [2.24, 2.45) is 0 Å². The molecule has 2 aromatic rings. The zero-order valence-corrected chi connectivity index (χ0v) is 11.3. The van der Waals surface area contributed by atoms with Crippen LogP contribution in [0.4, 0.5) is 0 Å². The van der Waals surface area contributed by atoms with E-state index in [-0.39, 0.29) is 11.6 Å². The SMILES string of the molecule is CCNCc1cn[nH]c1S(=O)(=O)NCc1ncc[nH]1. The standard InChI is InChI=1S/C10H16N6O2S/c1-2-11-5-8-6-14-16-10(8)19(17,18)15-7-9-12-3-4-13-9/h3-4,6,11,15H,2,5,7H2,1H3,(H,12,13)(H,14,16). The summed E-state index contributed by atoms with van der Waals surface area (Å²) >= 11 is 0. The van der Waals surface area contributed by atoms with E-state index in [4.69, 9.17) is 0 Å². The fourth-order valence-corrected chi connectivity index (χ4v) is 2.66. The molecule has 0 aliphatic heterocycles. The molecule has 4 N–H and O–H groups in total. The highest BCUT2D eigenvalue weighted by molar-refractivity contribution is 7.89. The normalized spacial score (nSPS) is 11.8. The number of imidazole rings is 1. The first kappa shape index (κ1) is 13.7. The molecule has 0 aliphatic carbocycles. The van der Waals surface area contributed by atoms with E-state index < -0.39 is 10.0 Å². The van der Waals surface area contributed by atoms with E-state index in [1.807, 2.05) is 6.92 Å². The minimum absolute atomic E-state index is 0.0833. The maximum atomic E-state index is 12.1. The Balaban J connectivity index is 2.08. The Kier molecular flexibility index (Phi) is 4.30. The number of rotatable bonds is 7. The van der Waals surface area contributed by atoms with E-state index in [1.165, 1.54) is 6.20 Å². The van der Waals surface area contributed by atoms with Crippen molar-refractivity contribution in [3.05, 3.63) is 30.0 Å². The number of aromatic nitrogens is 4. The molecule has 0 amide bonds. The lowest BCUT2D eigenvalue weighted by Gasteiger charge is -2.06. The lowest BCUT2D eigenvalue weighted by Crippen LogP contribution is -2.26. The molecule has 2 heterocycles. The number of H-pyrrole nitrogens is 2. The Labute approximate surface area is 111 Å². The largest absolute Gasteiger partial charge is 0.347 e. The summed E-state index contributed by atoms with van der Waals surface area (Å²) in [6.07, 6.45) is 4.71. The molecule has 8 nitrogen and oxygen atoms in total. The van der Waals surface area contributed by atoms with Crippen LogP contribution in [0.2, 0.25) is 0 Å². The maximum Gasteiger partial charge on any atom is 0.258 e. The Morgan fingerprint density at radius 1 is 1.37 bits per heavy atom. The van der Waals surface area contributed by atoms with Crippen LogP contribution in [0, 0.1) is 0 Å². The molecule has 0 saturated carbocycles. The van der Waals surface area contributed by atoms with Crippen molar-refractivity contribution in [3.8, 4) is 0 Å². The highest BCUT2D eigenvalue weighted by Gasteiger charge is 2.20. The van der Waals surface area contributed by atoms with E-state index in [0.29, 0.717) is 17.9 Å². The van der Waals surface area contributed by atoms with Crippen molar-refractivity contribution in [2.45, 2.75) is 25.0 Å². The molecule has 0 unspecified atom stereocenters. The quantitative estimate of drug-likeness (QED) is 0.558. The molecular weight excluding hydrogens is 268 g/mol. The average Bonchev–Trinajstić information content (AvgIpc) is 3.05. The summed E-state index contributed by atoms with van der Waals surface area (Å²) in [4.78, 5) is 6.78. The average molecular weight is 284 g/mol. The summed E-state index contributed by atoms with van der Waals surface area (Å²) in [6.45, 7) is 3.26. The molecule has 0 bridgehead atoms. The van der Waals surface area contributed by atoms with E-state index in [9.17, 15) is 8.42 Å². The minimum Gasteiger partial charge on any atom is -0.347 e. The van der Waals surface area contributed by atoms with E-state index in [0.717, 1.165) is 6.54 Å². The second kappa shape index (κ2) is 5.95. The molecule has 2 rings (SSSR count). The Bertz CT molecular complexity index is 604. The monoisotopic (exact) mass is 284 g/mol. The van der Waals surface area contributed by atoms with Gasteiger partial charge in [0.05, 0.1) is 12.7 Å². The number of aromatic amines is 2. The predicted molar refractivity (Wildman–Crippen MR) is 68.6 cm³/mol. The third-order valence-electron chi connectivity index (χ3n) is 2.50. The molecule has 0 spiro atoms. The smallest absolute Gasteiger partial charge is 0.258 e. The molecule has 0 atom stereocenters. The summed E-state index contributed by atoms with van der Waals surface area (Å²) in [5.41, 5.74) is 0.605. The highest BCUT2D eigenvalue weighted by atomic mass is 32.2. The summed E-state index contributed by atoms with van der Waals surface area (Å²) in [6, 6.07) is 0. The van der Waals surface area contributed by atoms with Gasteiger partial charge in [-0.15, -0.1) is 0 Å². The maximum absolute atomic E-state index is 12.1. The number of nitrogens with one attached hydrogen (secondary N) is 4. The highest BCUT2D eigenvalue weighted by Crippen LogP contribution is 2.11. The number of hydrogen-bond donors (Lipinski definition) is 4. The summed E-state index contributed by atoms with van der Waals surface area (Å²) in [5.74, 6) is 0.552. The Hall–Kier alpha value is -1.71. The van der Waals surface area contributed by atoms with Crippen LogP contribution < -0.4 is 10.0 Å². The van der Waals surface area contributed by atoms with Gasteiger partial charge in [-0.25, -0.2) is 18.1 Å². The number of nitrogens with zero attached hydrogens (tertiary/aromatic N) is 2. The van der Waals surface area contributed by atoms with Gasteiger partial charge in [-0.1, -0.05) is 6.92 Å². The summed E-state index contributed by atoms with van der Waals surface area (Å²) < 4.78 is 26.7. The molecule has 0 aromatic carbocycles. The van der Waals surface area contributed by atoms with Crippen LogP contribution in [0.3, 0.4) is 0 Å². The van der Waals surface area contributed by atoms with Gasteiger partial charge in [-0.05, 0) is 6.54 Å². The lowest BCUT2D eigenvalue weighted by molar-refractivity contribution is 0.572. The van der Waals surface area contributed by atoms with E-state index in [1.54, 1.807) is 12.4 Å². The molecule has 0 radical (unpaired) electrons. The fraction of sp³-hybridized carbons (Fsp3) is 0.400. The van der Waals surface area contributed by atoms with Crippen LogP contribution in [-0.4, -0.2) is 35.1 Å². The zero-order chi connectivity index (χ0) is 13.7. The third kappa shape index (κ3) is 3.40. The third-order valence-corrected chi connectivity index (χ3v) is 3.91. The number of sulfonamides is 1. The van der Waals surface area contributed by atoms with Crippen LogP contribution in [0.25, 0.3) is 0 Å². The van der Waals surface area contributed by atoms with Gasteiger partial charge in [0, 0.05) is 24.5 Å². The van der Waals surface area contributed by atoms with Crippen molar-refractivity contribution in [1.29, 1.82) is 0 Å². The van der Waals surface area contributed by atoms with Gasteiger partial charge in [0.25, 0.3) is 10.0 Å².